The number of rotatable bonds is 2. The highest BCUT2D eigenvalue weighted by molar-refractivity contribution is 9.10. The molecule has 1 aromatic rings. The summed E-state index contributed by atoms with van der Waals surface area (Å²) in [6.45, 7) is 6.77. The van der Waals surface area contributed by atoms with E-state index in [-0.39, 0.29) is 12.2 Å². The van der Waals surface area contributed by atoms with E-state index in [0.29, 0.717) is 19.0 Å². The molecule has 1 amide bonds. The number of halogens is 1. The third-order valence-corrected chi connectivity index (χ3v) is 3.25. The summed E-state index contributed by atoms with van der Waals surface area (Å²) in [5, 5.41) is 0. The Bertz CT molecular complexity index is 470. The molecule has 1 atom stereocenters. The van der Waals surface area contributed by atoms with Gasteiger partial charge in [-0.3, -0.25) is 0 Å². The molecule has 0 aliphatic carbocycles. The van der Waals surface area contributed by atoms with Crippen LogP contribution in [0.25, 0.3) is 0 Å². The predicted molar refractivity (Wildman–Crippen MR) is 78.8 cm³/mol. The summed E-state index contributed by atoms with van der Waals surface area (Å²) in [5.74, 6) is 0.573. The largest absolute Gasteiger partial charge is 0.472 e. The Balaban J connectivity index is 1.86. The van der Waals surface area contributed by atoms with E-state index in [1.165, 1.54) is 0 Å². The molecule has 20 heavy (non-hydrogen) atoms. The molecule has 1 aliphatic rings. The average molecular weight is 343 g/mol. The molecule has 0 N–H and O–H groups in total. The predicted octanol–water partition coefficient (Wildman–Crippen LogP) is 3.23. The molecular formula is C14H19BrN2O3. The highest BCUT2D eigenvalue weighted by atomic mass is 79.9. The molecule has 1 aromatic heterocycles. The van der Waals surface area contributed by atoms with Gasteiger partial charge in [-0.15, -0.1) is 0 Å². The van der Waals surface area contributed by atoms with Crippen molar-refractivity contribution in [1.82, 2.24) is 9.88 Å². The lowest BCUT2D eigenvalue weighted by Crippen LogP contribution is -2.36. The first-order chi connectivity index (χ1) is 9.33. The SMILES string of the molecule is CC(C)(C)OC(=O)N1CC[C@@H](Oc2ccc(Br)cn2)C1. The van der Waals surface area contributed by atoms with Gasteiger partial charge < -0.3 is 14.4 Å². The maximum Gasteiger partial charge on any atom is 0.410 e. The maximum atomic E-state index is 11.9. The summed E-state index contributed by atoms with van der Waals surface area (Å²) in [5.41, 5.74) is -0.469. The van der Waals surface area contributed by atoms with E-state index in [2.05, 4.69) is 20.9 Å². The van der Waals surface area contributed by atoms with Gasteiger partial charge in [0.2, 0.25) is 5.88 Å². The molecule has 1 aliphatic heterocycles. The van der Waals surface area contributed by atoms with Gasteiger partial charge in [-0.25, -0.2) is 9.78 Å². The van der Waals surface area contributed by atoms with Crippen LogP contribution >= 0.6 is 15.9 Å². The van der Waals surface area contributed by atoms with Crippen LogP contribution in [0.15, 0.2) is 22.8 Å². The van der Waals surface area contributed by atoms with Gasteiger partial charge in [-0.2, -0.15) is 0 Å². The summed E-state index contributed by atoms with van der Waals surface area (Å²) in [6.07, 6.45) is 2.16. The van der Waals surface area contributed by atoms with Crippen LogP contribution in [0.4, 0.5) is 4.79 Å². The van der Waals surface area contributed by atoms with E-state index in [9.17, 15) is 4.79 Å². The van der Waals surface area contributed by atoms with Crippen molar-refractivity contribution < 1.29 is 14.3 Å². The van der Waals surface area contributed by atoms with Crippen LogP contribution in [0.5, 0.6) is 5.88 Å². The second kappa shape index (κ2) is 5.99. The number of hydrogen-bond acceptors (Lipinski definition) is 4. The molecule has 2 rings (SSSR count). The van der Waals surface area contributed by atoms with Gasteiger partial charge in [0, 0.05) is 29.7 Å². The average Bonchev–Trinajstić information content (AvgIpc) is 2.79. The number of carbonyl (C=O) groups excluding carboxylic acids is 1. The van der Waals surface area contributed by atoms with E-state index >= 15 is 0 Å². The first-order valence-electron chi connectivity index (χ1n) is 6.59. The zero-order chi connectivity index (χ0) is 14.8. The maximum absolute atomic E-state index is 11.9. The monoisotopic (exact) mass is 342 g/mol. The van der Waals surface area contributed by atoms with Gasteiger partial charge >= 0.3 is 6.09 Å². The van der Waals surface area contributed by atoms with Crippen LogP contribution in [0.2, 0.25) is 0 Å². The Morgan fingerprint density at radius 2 is 2.20 bits per heavy atom. The van der Waals surface area contributed by atoms with Crippen LogP contribution < -0.4 is 4.74 Å². The molecule has 0 aromatic carbocycles. The Labute approximate surface area is 127 Å². The Hall–Kier alpha value is -1.30. The lowest BCUT2D eigenvalue weighted by atomic mass is 10.2. The second-order valence-electron chi connectivity index (χ2n) is 5.77. The minimum atomic E-state index is -0.469. The molecule has 1 fully saturated rings. The first kappa shape index (κ1) is 15.1. The van der Waals surface area contributed by atoms with Crippen molar-refractivity contribution in [1.29, 1.82) is 0 Å². The molecule has 0 saturated carbocycles. The van der Waals surface area contributed by atoms with Gasteiger partial charge in [0.25, 0.3) is 0 Å². The van der Waals surface area contributed by atoms with Crippen LogP contribution in [0, 0.1) is 0 Å². The Morgan fingerprint density at radius 1 is 1.45 bits per heavy atom. The van der Waals surface area contributed by atoms with E-state index < -0.39 is 5.60 Å². The zero-order valence-corrected chi connectivity index (χ0v) is 13.5. The van der Waals surface area contributed by atoms with E-state index in [4.69, 9.17) is 9.47 Å². The number of likely N-dealkylation sites (tertiary alicyclic amines) is 1. The highest BCUT2D eigenvalue weighted by Crippen LogP contribution is 2.20. The van der Waals surface area contributed by atoms with E-state index in [1.54, 1.807) is 17.2 Å². The minimum Gasteiger partial charge on any atom is -0.472 e. The normalized spacial score (nSPS) is 19.0. The third-order valence-electron chi connectivity index (χ3n) is 2.78. The highest BCUT2D eigenvalue weighted by Gasteiger charge is 2.30. The summed E-state index contributed by atoms with van der Waals surface area (Å²) >= 11 is 3.33. The van der Waals surface area contributed by atoms with Crippen molar-refractivity contribution in [3.63, 3.8) is 0 Å². The van der Waals surface area contributed by atoms with Crippen molar-refractivity contribution in [2.75, 3.05) is 13.1 Å². The Morgan fingerprint density at radius 3 is 2.80 bits per heavy atom. The first-order valence-corrected chi connectivity index (χ1v) is 7.39. The van der Waals surface area contributed by atoms with Gasteiger partial charge in [0.1, 0.15) is 11.7 Å². The molecule has 6 heteroatoms. The van der Waals surface area contributed by atoms with Crippen LogP contribution in [-0.2, 0) is 4.74 Å². The fraction of sp³-hybridized carbons (Fsp3) is 0.571. The Kier molecular flexibility index (Phi) is 4.52. The third kappa shape index (κ3) is 4.37. The lowest BCUT2D eigenvalue weighted by molar-refractivity contribution is 0.0275. The number of aromatic nitrogens is 1. The van der Waals surface area contributed by atoms with Gasteiger partial charge in [-0.1, -0.05) is 0 Å². The molecular weight excluding hydrogens is 324 g/mol. The van der Waals surface area contributed by atoms with Gasteiger partial charge in [0.05, 0.1) is 6.54 Å². The summed E-state index contributed by atoms with van der Waals surface area (Å²) in [4.78, 5) is 17.8. The molecule has 110 valence electrons. The van der Waals surface area contributed by atoms with Crippen molar-refractivity contribution >= 4 is 22.0 Å². The summed E-state index contributed by atoms with van der Waals surface area (Å²) in [6, 6.07) is 3.68. The number of nitrogens with zero attached hydrogens (tertiary/aromatic N) is 2. The molecule has 2 heterocycles. The number of pyridine rings is 1. The summed E-state index contributed by atoms with van der Waals surface area (Å²) in [7, 11) is 0. The summed E-state index contributed by atoms with van der Waals surface area (Å²) < 4.78 is 12.0. The van der Waals surface area contributed by atoms with Gasteiger partial charge in [-0.05, 0) is 42.8 Å². The van der Waals surface area contributed by atoms with Crippen molar-refractivity contribution in [3.05, 3.63) is 22.8 Å². The standard InChI is InChI=1S/C14H19BrN2O3/c1-14(2,3)20-13(18)17-7-6-11(9-17)19-12-5-4-10(15)8-16-12/h4-5,8,11H,6-7,9H2,1-3H3/t11-/m1/s1. The fourth-order valence-corrected chi connectivity index (χ4v) is 2.15. The topological polar surface area (TPSA) is 51.7 Å². The van der Waals surface area contributed by atoms with Crippen LogP contribution in [0.1, 0.15) is 27.2 Å². The molecule has 1 saturated heterocycles. The molecule has 0 spiro atoms. The van der Waals surface area contributed by atoms with Crippen molar-refractivity contribution in [3.8, 4) is 5.88 Å². The lowest BCUT2D eigenvalue weighted by Gasteiger charge is -2.24. The second-order valence-corrected chi connectivity index (χ2v) is 6.69. The van der Waals surface area contributed by atoms with E-state index in [0.717, 1.165) is 10.9 Å². The number of amides is 1. The number of carbonyl (C=O) groups is 1. The number of ether oxygens (including phenoxy) is 2. The van der Waals surface area contributed by atoms with E-state index in [1.807, 2.05) is 26.8 Å². The quantitative estimate of drug-likeness (QED) is 0.827. The molecule has 0 radical (unpaired) electrons. The van der Waals surface area contributed by atoms with Gasteiger partial charge in [0.15, 0.2) is 0 Å². The fourth-order valence-electron chi connectivity index (χ4n) is 1.92. The molecule has 0 unspecified atom stereocenters. The van der Waals surface area contributed by atoms with Crippen LogP contribution in [0.3, 0.4) is 0 Å². The zero-order valence-electron chi connectivity index (χ0n) is 11.9. The van der Waals surface area contributed by atoms with Crippen molar-refractivity contribution in [2.24, 2.45) is 0 Å². The van der Waals surface area contributed by atoms with Crippen molar-refractivity contribution in [2.45, 2.75) is 38.9 Å². The number of hydrogen-bond donors (Lipinski definition) is 0. The smallest absolute Gasteiger partial charge is 0.410 e. The van der Waals surface area contributed by atoms with Crippen LogP contribution in [-0.4, -0.2) is 40.8 Å². The molecule has 0 bridgehead atoms. The minimum absolute atomic E-state index is 0.0313. The molecule has 5 nitrogen and oxygen atoms in total.